The van der Waals surface area contributed by atoms with Gasteiger partial charge in [0.1, 0.15) is 0 Å². The molecule has 0 bridgehead atoms. The van der Waals surface area contributed by atoms with Crippen molar-refractivity contribution in [2.45, 2.75) is 50.4 Å². The fraction of sp³-hybridized carbons (Fsp3) is 0.556. The Labute approximate surface area is 165 Å². The number of hydrogen-bond donors (Lipinski definition) is 4. The number of urea groups is 2. The molecule has 11 heteroatoms. The summed E-state index contributed by atoms with van der Waals surface area (Å²) in [6, 6.07) is 3.55. The summed E-state index contributed by atoms with van der Waals surface area (Å²) < 4.78 is 43.5. The van der Waals surface area contributed by atoms with Crippen LogP contribution in [0.2, 0.25) is 0 Å². The monoisotopic (exact) mass is 416 g/mol. The minimum absolute atomic E-state index is 0.248. The van der Waals surface area contributed by atoms with Crippen molar-refractivity contribution in [1.29, 1.82) is 0 Å². The topological polar surface area (TPSA) is 103 Å². The molecule has 1 unspecified atom stereocenters. The largest absolute Gasteiger partial charge is 0.418 e. The lowest BCUT2D eigenvalue weighted by Crippen LogP contribution is -2.70. The van der Waals surface area contributed by atoms with Gasteiger partial charge in [-0.2, -0.15) is 13.2 Å². The molecule has 4 amide bonds. The summed E-state index contributed by atoms with van der Waals surface area (Å²) in [5, 5.41) is 17.6. The molecule has 1 aromatic rings. The van der Waals surface area contributed by atoms with Crippen LogP contribution >= 0.6 is 0 Å². The zero-order chi connectivity index (χ0) is 21.2. The fourth-order valence-corrected chi connectivity index (χ4v) is 3.41. The van der Waals surface area contributed by atoms with Gasteiger partial charge in [-0.3, -0.25) is 5.32 Å². The summed E-state index contributed by atoms with van der Waals surface area (Å²) in [6.07, 6.45) is -7.13. The van der Waals surface area contributed by atoms with Gasteiger partial charge in [0.05, 0.1) is 0 Å². The van der Waals surface area contributed by atoms with Crippen LogP contribution in [0.5, 0.6) is 0 Å². The Morgan fingerprint density at radius 1 is 1.17 bits per heavy atom. The molecule has 1 aromatic carbocycles. The average Bonchev–Trinajstić information content (AvgIpc) is 2.67. The minimum atomic E-state index is -4.77. The molecule has 2 atom stereocenters. The Balaban J connectivity index is 1.64. The van der Waals surface area contributed by atoms with Crippen LogP contribution in [0.25, 0.3) is 0 Å². The molecule has 2 aliphatic heterocycles. The number of nitrogens with one attached hydrogen (secondary N) is 3. The summed E-state index contributed by atoms with van der Waals surface area (Å²) in [5.74, 6) is 0. The number of nitrogens with zero attached hydrogens (tertiary/aromatic N) is 1. The van der Waals surface area contributed by atoms with E-state index in [0.717, 1.165) is 4.90 Å². The van der Waals surface area contributed by atoms with Crippen molar-refractivity contribution in [2.75, 3.05) is 13.2 Å². The zero-order valence-electron chi connectivity index (χ0n) is 15.7. The molecular formula is C18H23F3N4O4. The third kappa shape index (κ3) is 4.98. The lowest BCUT2D eigenvalue weighted by Gasteiger charge is -2.39. The van der Waals surface area contributed by atoms with Gasteiger partial charge in [0.15, 0.2) is 12.4 Å². The Hall–Kier alpha value is -2.37. The first-order valence-electron chi connectivity index (χ1n) is 9.25. The molecule has 0 radical (unpaired) electrons. The van der Waals surface area contributed by atoms with Crippen LogP contribution in [0.15, 0.2) is 24.3 Å². The molecule has 160 valence electrons. The van der Waals surface area contributed by atoms with E-state index < -0.39 is 36.7 Å². The van der Waals surface area contributed by atoms with Gasteiger partial charge in [0.25, 0.3) is 0 Å². The van der Waals surface area contributed by atoms with Crippen molar-refractivity contribution >= 4 is 12.1 Å². The van der Waals surface area contributed by atoms with Crippen molar-refractivity contribution in [1.82, 2.24) is 20.9 Å². The van der Waals surface area contributed by atoms with Crippen molar-refractivity contribution in [3.63, 3.8) is 0 Å². The van der Waals surface area contributed by atoms with E-state index in [1.807, 2.05) is 0 Å². The van der Waals surface area contributed by atoms with Gasteiger partial charge < -0.3 is 20.5 Å². The van der Waals surface area contributed by atoms with Crippen LogP contribution in [0.3, 0.4) is 0 Å². The maximum atomic E-state index is 12.7. The number of aliphatic hydroxyl groups is 1. The Kier molecular flexibility index (Phi) is 6.30. The molecule has 0 spiro atoms. The summed E-state index contributed by atoms with van der Waals surface area (Å²) in [4.78, 5) is 25.9. The van der Waals surface area contributed by atoms with E-state index in [4.69, 9.17) is 4.74 Å². The van der Waals surface area contributed by atoms with Gasteiger partial charge in [-0.15, -0.1) is 0 Å². The first-order valence-corrected chi connectivity index (χ1v) is 9.25. The normalized spacial score (nSPS) is 21.5. The summed E-state index contributed by atoms with van der Waals surface area (Å²) in [6.45, 7) is 2.61. The maximum absolute atomic E-state index is 12.7. The predicted molar refractivity (Wildman–Crippen MR) is 95.5 cm³/mol. The lowest BCUT2D eigenvalue weighted by molar-refractivity contribution is -0.206. The number of ether oxygens (including phenoxy) is 1. The van der Waals surface area contributed by atoms with Crippen molar-refractivity contribution < 1.29 is 32.6 Å². The van der Waals surface area contributed by atoms with E-state index in [9.17, 15) is 27.9 Å². The highest BCUT2D eigenvalue weighted by Gasteiger charge is 2.40. The molecule has 2 fully saturated rings. The van der Waals surface area contributed by atoms with E-state index in [0.29, 0.717) is 31.6 Å². The highest BCUT2D eigenvalue weighted by atomic mass is 19.4. The Morgan fingerprint density at radius 2 is 1.76 bits per heavy atom. The van der Waals surface area contributed by atoms with E-state index >= 15 is 0 Å². The molecule has 29 heavy (non-hydrogen) atoms. The highest BCUT2D eigenvalue weighted by molar-refractivity contribution is 5.96. The number of rotatable bonds is 5. The maximum Gasteiger partial charge on any atom is 0.418 e. The lowest BCUT2D eigenvalue weighted by atomic mass is 10.0. The van der Waals surface area contributed by atoms with Crippen LogP contribution < -0.4 is 16.0 Å². The summed E-state index contributed by atoms with van der Waals surface area (Å²) >= 11 is 0. The van der Waals surface area contributed by atoms with Crippen LogP contribution in [0, 0.1) is 0 Å². The zero-order valence-corrected chi connectivity index (χ0v) is 15.7. The smallest absolute Gasteiger partial charge is 0.381 e. The third-order valence-electron chi connectivity index (χ3n) is 4.98. The fourth-order valence-electron chi connectivity index (χ4n) is 3.41. The standard InChI is InChI=1S/C18H23F3N4O4/c1-10(11-3-2-4-12(9-11)14(26)18(19,20)21)22-15-23-16(27)25(17(28)24-15)13-5-7-29-8-6-13/h2-4,9-10,13-15,22,26H,5-8H2,1H3,(H,23,27)(H,24,28)/t10-,14?/m0/s1. The molecular weight excluding hydrogens is 393 g/mol. The average molecular weight is 416 g/mol. The number of benzene rings is 1. The minimum Gasteiger partial charge on any atom is -0.381 e. The van der Waals surface area contributed by atoms with Gasteiger partial charge in [-0.05, 0) is 30.9 Å². The van der Waals surface area contributed by atoms with Crippen LogP contribution in [-0.2, 0) is 4.74 Å². The van der Waals surface area contributed by atoms with E-state index in [1.165, 1.54) is 18.2 Å². The van der Waals surface area contributed by atoms with Crippen LogP contribution in [0.1, 0.15) is 43.0 Å². The van der Waals surface area contributed by atoms with Crippen molar-refractivity contribution in [3.8, 4) is 0 Å². The Bertz CT molecular complexity index is 737. The number of halogens is 3. The van der Waals surface area contributed by atoms with Gasteiger partial charge in [-0.1, -0.05) is 24.3 Å². The second-order valence-corrected chi connectivity index (χ2v) is 7.05. The molecule has 4 N–H and O–H groups in total. The molecule has 2 heterocycles. The van der Waals surface area contributed by atoms with E-state index in [2.05, 4.69) is 16.0 Å². The SMILES string of the molecule is C[C@H](NC1NC(=O)N(C2CCOCC2)C(=O)N1)c1cccc(C(O)C(F)(F)F)c1. The van der Waals surface area contributed by atoms with Gasteiger partial charge >= 0.3 is 18.2 Å². The molecule has 2 aliphatic rings. The van der Waals surface area contributed by atoms with Gasteiger partial charge in [-0.25, -0.2) is 14.5 Å². The number of imide groups is 1. The van der Waals surface area contributed by atoms with Crippen molar-refractivity contribution in [2.24, 2.45) is 0 Å². The van der Waals surface area contributed by atoms with E-state index in [1.54, 1.807) is 13.0 Å². The molecule has 0 saturated carbocycles. The number of amides is 4. The molecule has 3 rings (SSSR count). The van der Waals surface area contributed by atoms with Gasteiger partial charge in [0.2, 0.25) is 0 Å². The quantitative estimate of drug-likeness (QED) is 0.589. The summed E-state index contributed by atoms with van der Waals surface area (Å²) in [5.41, 5.74) is 0.173. The Morgan fingerprint density at radius 3 is 2.34 bits per heavy atom. The highest BCUT2D eigenvalue weighted by Crippen LogP contribution is 2.33. The first-order chi connectivity index (χ1) is 13.7. The van der Waals surface area contributed by atoms with Crippen LogP contribution in [0.4, 0.5) is 22.8 Å². The molecule has 8 nitrogen and oxygen atoms in total. The first kappa shape index (κ1) is 21.3. The number of alkyl halides is 3. The van der Waals surface area contributed by atoms with Crippen molar-refractivity contribution in [3.05, 3.63) is 35.4 Å². The molecule has 0 aromatic heterocycles. The number of hydrogen-bond acceptors (Lipinski definition) is 5. The van der Waals surface area contributed by atoms with E-state index in [-0.39, 0.29) is 11.6 Å². The third-order valence-corrected chi connectivity index (χ3v) is 4.98. The predicted octanol–water partition coefficient (Wildman–Crippen LogP) is 2.13. The number of carbonyl (C=O) groups is 2. The second kappa shape index (κ2) is 8.56. The van der Waals surface area contributed by atoms with Gasteiger partial charge in [0, 0.05) is 25.3 Å². The number of aliphatic hydroxyl groups excluding tert-OH is 1. The second-order valence-electron chi connectivity index (χ2n) is 7.05. The number of carbonyl (C=O) groups excluding carboxylic acids is 2. The van der Waals surface area contributed by atoms with Crippen LogP contribution in [-0.4, -0.2) is 53.8 Å². The summed E-state index contributed by atoms with van der Waals surface area (Å²) in [7, 11) is 0. The molecule has 2 saturated heterocycles. The molecule has 0 aliphatic carbocycles.